The predicted molar refractivity (Wildman–Crippen MR) is 123 cm³/mol. The van der Waals surface area contributed by atoms with Crippen molar-refractivity contribution < 1.29 is 32.3 Å². The van der Waals surface area contributed by atoms with E-state index in [-0.39, 0.29) is 33.2 Å². The molecule has 0 spiro atoms. The smallest absolute Gasteiger partial charge is 0.268 e. The van der Waals surface area contributed by atoms with Crippen LogP contribution in [0.25, 0.3) is 0 Å². The van der Waals surface area contributed by atoms with Crippen LogP contribution in [0.1, 0.15) is 50.3 Å². The summed E-state index contributed by atoms with van der Waals surface area (Å²) in [7, 11) is 0.0464. The Morgan fingerprint density at radius 3 is 2.26 bits per heavy atom. The van der Waals surface area contributed by atoms with Crippen LogP contribution in [0.3, 0.4) is 0 Å². The van der Waals surface area contributed by atoms with Crippen molar-refractivity contribution in [2.45, 2.75) is 24.2 Å². The van der Waals surface area contributed by atoms with Crippen molar-refractivity contribution in [2.24, 2.45) is 0 Å². The second-order valence-electron chi connectivity index (χ2n) is 8.05. The summed E-state index contributed by atoms with van der Waals surface area (Å²) >= 11 is 0. The van der Waals surface area contributed by atoms with E-state index in [2.05, 4.69) is 5.32 Å². The van der Waals surface area contributed by atoms with Gasteiger partial charge in [-0.3, -0.25) is 14.4 Å². The van der Waals surface area contributed by atoms with E-state index in [4.69, 9.17) is 9.47 Å². The molecule has 10 nitrogen and oxygen atoms in total. The number of likely N-dealkylation sites (tertiary alicyclic amines) is 1. The highest BCUT2D eigenvalue weighted by Gasteiger charge is 2.39. The van der Waals surface area contributed by atoms with Crippen LogP contribution in [-0.2, 0) is 10.0 Å². The molecule has 2 aliphatic heterocycles. The Bertz CT molecular complexity index is 1280. The summed E-state index contributed by atoms with van der Waals surface area (Å²) in [4.78, 5) is 40.0. The maximum absolute atomic E-state index is 13.3. The Hall–Kier alpha value is -3.60. The Balaban J connectivity index is 1.71. The van der Waals surface area contributed by atoms with Gasteiger partial charge in [-0.25, -0.2) is 12.7 Å². The van der Waals surface area contributed by atoms with E-state index in [0.29, 0.717) is 28.9 Å². The second kappa shape index (κ2) is 8.98. The van der Waals surface area contributed by atoms with Gasteiger partial charge in [-0.15, -0.1) is 0 Å². The van der Waals surface area contributed by atoms with Gasteiger partial charge in [0.2, 0.25) is 0 Å². The van der Waals surface area contributed by atoms with Gasteiger partial charge in [-0.1, -0.05) is 0 Å². The number of rotatable bonds is 5. The van der Waals surface area contributed by atoms with Crippen LogP contribution >= 0.6 is 0 Å². The average Bonchev–Trinajstić information content (AvgIpc) is 3.03. The first-order valence-electron chi connectivity index (χ1n) is 10.7. The summed E-state index contributed by atoms with van der Waals surface area (Å²) in [6.45, 7) is 1.23. The largest absolute Gasteiger partial charge is 0.493 e. The Morgan fingerprint density at radius 1 is 0.971 bits per heavy atom. The molecule has 0 atom stereocenters. The van der Waals surface area contributed by atoms with Gasteiger partial charge in [0, 0.05) is 31.8 Å². The molecule has 1 N–H and O–H groups in total. The highest BCUT2D eigenvalue weighted by atomic mass is 32.2. The Kier molecular flexibility index (Phi) is 6.22. The molecule has 2 heterocycles. The maximum Gasteiger partial charge on any atom is 0.268 e. The number of piperidine rings is 1. The molecule has 0 aliphatic carbocycles. The summed E-state index contributed by atoms with van der Waals surface area (Å²) in [6.07, 6.45) is 2.85. The summed E-state index contributed by atoms with van der Waals surface area (Å²) in [5.41, 5.74) is 0.467. The average molecular weight is 488 g/mol. The van der Waals surface area contributed by atoms with E-state index >= 15 is 0 Å². The number of anilines is 1. The maximum atomic E-state index is 13.3. The number of nitrogens with zero attached hydrogens (tertiary/aromatic N) is 2. The molecule has 1 saturated heterocycles. The number of hydrogen-bond acceptors (Lipinski definition) is 7. The fraction of sp³-hybridized carbons (Fsp3) is 0.348. The van der Waals surface area contributed by atoms with Crippen LogP contribution in [0.4, 0.5) is 5.69 Å². The first-order valence-corrected chi connectivity index (χ1v) is 12.2. The van der Waals surface area contributed by atoms with Crippen molar-refractivity contribution in [1.82, 2.24) is 9.21 Å². The van der Waals surface area contributed by atoms with Crippen LogP contribution in [-0.4, -0.2) is 69.7 Å². The molecular formula is C23H25N3O7S. The monoisotopic (exact) mass is 487 g/mol. The van der Waals surface area contributed by atoms with Crippen LogP contribution in [0.2, 0.25) is 0 Å². The summed E-state index contributed by atoms with van der Waals surface area (Å²) < 4.78 is 36.3. The van der Waals surface area contributed by atoms with Crippen molar-refractivity contribution >= 4 is 33.4 Å². The standard InChI is InChI=1S/C23H25N3O7S/c1-25-22(28)15-8-7-14(11-20(15)34(25,30)31)21(27)24-17-13-19(33-3)18(32-2)12-16(17)23(29)26-9-5-4-6-10-26/h7-8,11-13H,4-6,9-10H2,1-3H3,(H,24,27). The number of hydrogen-bond donors (Lipinski definition) is 1. The molecule has 0 radical (unpaired) electrons. The quantitative estimate of drug-likeness (QED) is 0.687. The molecule has 0 aromatic heterocycles. The molecule has 180 valence electrons. The van der Waals surface area contributed by atoms with E-state index in [0.717, 1.165) is 25.3 Å². The lowest BCUT2D eigenvalue weighted by Gasteiger charge is -2.28. The number of methoxy groups -OCH3 is 2. The van der Waals surface area contributed by atoms with E-state index < -0.39 is 21.8 Å². The third-order valence-electron chi connectivity index (χ3n) is 6.04. The molecule has 0 saturated carbocycles. The number of carbonyl (C=O) groups is 3. The van der Waals surface area contributed by atoms with Gasteiger partial charge in [0.05, 0.1) is 31.0 Å². The number of fused-ring (bicyclic) bond motifs is 1. The zero-order valence-corrected chi connectivity index (χ0v) is 19.9. The van der Waals surface area contributed by atoms with Gasteiger partial charge < -0.3 is 19.7 Å². The minimum atomic E-state index is -4.01. The zero-order chi connectivity index (χ0) is 24.6. The number of benzene rings is 2. The third kappa shape index (κ3) is 3.96. The topological polar surface area (TPSA) is 122 Å². The lowest BCUT2D eigenvalue weighted by atomic mass is 10.1. The van der Waals surface area contributed by atoms with Crippen LogP contribution < -0.4 is 14.8 Å². The van der Waals surface area contributed by atoms with E-state index in [9.17, 15) is 22.8 Å². The molecule has 0 bridgehead atoms. The molecule has 3 amide bonds. The molecule has 34 heavy (non-hydrogen) atoms. The molecule has 0 unspecified atom stereocenters. The number of amides is 3. The van der Waals surface area contributed by atoms with Gasteiger partial charge in [-0.2, -0.15) is 0 Å². The Morgan fingerprint density at radius 2 is 1.62 bits per heavy atom. The van der Waals surface area contributed by atoms with Gasteiger partial charge in [0.1, 0.15) is 4.90 Å². The van der Waals surface area contributed by atoms with Crippen molar-refractivity contribution in [3.8, 4) is 11.5 Å². The van der Waals surface area contributed by atoms with Gasteiger partial charge in [0.25, 0.3) is 27.7 Å². The number of nitrogens with one attached hydrogen (secondary N) is 1. The Labute approximate surface area is 197 Å². The molecule has 4 rings (SSSR count). The van der Waals surface area contributed by atoms with Crippen LogP contribution in [0.5, 0.6) is 11.5 Å². The minimum Gasteiger partial charge on any atom is -0.493 e. The lowest BCUT2D eigenvalue weighted by molar-refractivity contribution is 0.0724. The lowest BCUT2D eigenvalue weighted by Crippen LogP contribution is -2.36. The first-order chi connectivity index (χ1) is 16.2. The summed E-state index contributed by atoms with van der Waals surface area (Å²) in [5.74, 6) is -0.890. The SMILES string of the molecule is COc1cc(NC(=O)c2ccc3c(c2)S(=O)(=O)N(C)C3=O)c(C(=O)N2CCCCC2)cc1OC. The predicted octanol–water partition coefficient (Wildman–Crippen LogP) is 2.36. The highest BCUT2D eigenvalue weighted by Crippen LogP contribution is 2.35. The van der Waals surface area contributed by atoms with Crippen LogP contribution in [0.15, 0.2) is 35.2 Å². The molecule has 2 aromatic carbocycles. The van der Waals surface area contributed by atoms with Crippen molar-refractivity contribution in [3.05, 3.63) is 47.0 Å². The summed E-state index contributed by atoms with van der Waals surface area (Å²) in [6, 6.07) is 6.85. The fourth-order valence-electron chi connectivity index (χ4n) is 4.10. The minimum absolute atomic E-state index is 0.00568. The first kappa shape index (κ1) is 23.6. The van der Waals surface area contributed by atoms with E-state index in [1.807, 2.05) is 0 Å². The van der Waals surface area contributed by atoms with Gasteiger partial charge in [-0.05, 0) is 43.5 Å². The zero-order valence-electron chi connectivity index (χ0n) is 19.1. The normalized spacial score (nSPS) is 16.7. The summed E-state index contributed by atoms with van der Waals surface area (Å²) in [5, 5.41) is 2.70. The van der Waals surface area contributed by atoms with Crippen LogP contribution in [0, 0.1) is 0 Å². The van der Waals surface area contributed by atoms with E-state index in [1.165, 1.54) is 45.5 Å². The van der Waals surface area contributed by atoms with Crippen molar-refractivity contribution in [3.63, 3.8) is 0 Å². The second-order valence-corrected chi connectivity index (χ2v) is 9.99. The third-order valence-corrected chi connectivity index (χ3v) is 7.82. The number of carbonyl (C=O) groups excluding carboxylic acids is 3. The van der Waals surface area contributed by atoms with Gasteiger partial charge >= 0.3 is 0 Å². The molecule has 2 aliphatic rings. The fourth-order valence-corrected chi connectivity index (χ4v) is 5.42. The molecule has 1 fully saturated rings. The van der Waals surface area contributed by atoms with Crippen molar-refractivity contribution in [1.29, 1.82) is 0 Å². The van der Waals surface area contributed by atoms with Crippen molar-refractivity contribution in [2.75, 3.05) is 39.7 Å². The highest BCUT2D eigenvalue weighted by molar-refractivity contribution is 7.90. The molecule has 2 aromatic rings. The number of sulfonamides is 1. The van der Waals surface area contributed by atoms with Gasteiger partial charge in [0.15, 0.2) is 11.5 Å². The molecule has 11 heteroatoms. The number of ether oxygens (including phenoxy) is 2. The van der Waals surface area contributed by atoms with E-state index in [1.54, 1.807) is 4.90 Å². The molecular weight excluding hydrogens is 462 g/mol.